The van der Waals surface area contributed by atoms with Crippen molar-refractivity contribution in [3.63, 3.8) is 0 Å². The highest BCUT2D eigenvalue weighted by Gasteiger charge is 2.32. The van der Waals surface area contributed by atoms with Crippen LogP contribution in [0.4, 0.5) is 18.9 Å². The number of benzene rings is 1. The molecular weight excluding hydrogens is 394 g/mol. The Kier molecular flexibility index (Phi) is 8.46. The number of carbonyl (C=O) groups is 1. The Balaban J connectivity index is 0.00000169. The van der Waals surface area contributed by atoms with Gasteiger partial charge in [-0.3, -0.25) is 4.79 Å². The Morgan fingerprint density at radius 1 is 1.15 bits per heavy atom. The lowest BCUT2D eigenvalue weighted by atomic mass is 10.1. The van der Waals surface area contributed by atoms with Crippen LogP contribution in [-0.2, 0) is 15.7 Å². The standard InChI is InChI=1S/C16H20F3N3O2.2ClH/c17-16(18,19)12-2-1-3-13(10-12)21-5-7-22(8-6-21)15(23)14-11-24-9-4-20-14;;/h1-3,10,14,20H,4-9,11H2;2*1H. The van der Waals surface area contributed by atoms with E-state index in [0.29, 0.717) is 51.6 Å². The van der Waals surface area contributed by atoms with Crippen LogP contribution in [-0.4, -0.2) is 62.8 Å². The smallest absolute Gasteiger partial charge is 0.378 e. The SMILES string of the molecule is Cl.Cl.O=C(C1COCCN1)N1CCN(c2cccc(C(F)(F)F)c2)CC1. The predicted molar refractivity (Wildman–Crippen MR) is 97.3 cm³/mol. The number of alkyl halides is 3. The van der Waals surface area contributed by atoms with Crippen molar-refractivity contribution < 1.29 is 22.7 Å². The molecule has 2 heterocycles. The van der Waals surface area contributed by atoms with E-state index in [-0.39, 0.29) is 36.8 Å². The zero-order valence-corrected chi connectivity index (χ0v) is 15.6. The van der Waals surface area contributed by atoms with Crippen LogP contribution in [0.5, 0.6) is 0 Å². The van der Waals surface area contributed by atoms with Crippen molar-refractivity contribution in [2.75, 3.05) is 50.8 Å². The molecule has 0 bridgehead atoms. The third-order valence-corrected chi connectivity index (χ3v) is 4.35. The first-order chi connectivity index (χ1) is 11.4. The summed E-state index contributed by atoms with van der Waals surface area (Å²) in [7, 11) is 0. The lowest BCUT2D eigenvalue weighted by Gasteiger charge is -2.38. The lowest BCUT2D eigenvalue weighted by Crippen LogP contribution is -2.57. The van der Waals surface area contributed by atoms with Crippen LogP contribution < -0.4 is 10.2 Å². The first-order valence-electron chi connectivity index (χ1n) is 7.97. The molecule has 2 aliphatic rings. The Hall–Kier alpha value is -1.22. The minimum atomic E-state index is -4.35. The van der Waals surface area contributed by atoms with Gasteiger partial charge in [0, 0.05) is 38.4 Å². The summed E-state index contributed by atoms with van der Waals surface area (Å²) in [5.41, 5.74) is -0.113. The van der Waals surface area contributed by atoms with Gasteiger partial charge in [0.2, 0.25) is 5.91 Å². The zero-order valence-electron chi connectivity index (χ0n) is 14.0. The number of ether oxygens (including phenoxy) is 1. The minimum absolute atomic E-state index is 0. The summed E-state index contributed by atoms with van der Waals surface area (Å²) in [5.74, 6) is -0.00149. The summed E-state index contributed by atoms with van der Waals surface area (Å²) in [6, 6.07) is 4.99. The molecule has 148 valence electrons. The van der Waals surface area contributed by atoms with Crippen molar-refractivity contribution in [3.05, 3.63) is 29.8 Å². The first-order valence-corrected chi connectivity index (χ1v) is 7.97. The van der Waals surface area contributed by atoms with Gasteiger partial charge in [0.15, 0.2) is 0 Å². The molecular formula is C16H22Cl2F3N3O2. The Morgan fingerprint density at radius 2 is 1.85 bits per heavy atom. The van der Waals surface area contributed by atoms with Gasteiger partial charge in [-0.2, -0.15) is 13.2 Å². The van der Waals surface area contributed by atoms with E-state index in [1.165, 1.54) is 6.07 Å². The number of piperazine rings is 1. The van der Waals surface area contributed by atoms with E-state index in [1.54, 1.807) is 11.0 Å². The number of hydrogen-bond acceptors (Lipinski definition) is 4. The molecule has 3 rings (SSSR count). The fourth-order valence-corrected chi connectivity index (χ4v) is 3.01. The van der Waals surface area contributed by atoms with Gasteiger partial charge in [-0.25, -0.2) is 0 Å². The van der Waals surface area contributed by atoms with Crippen LogP contribution in [0.25, 0.3) is 0 Å². The molecule has 1 unspecified atom stereocenters. The van der Waals surface area contributed by atoms with Gasteiger partial charge in [-0.1, -0.05) is 6.07 Å². The first kappa shape index (κ1) is 22.8. The number of nitrogens with zero attached hydrogens (tertiary/aromatic N) is 2. The van der Waals surface area contributed by atoms with Gasteiger partial charge < -0.3 is 19.9 Å². The molecule has 5 nitrogen and oxygen atoms in total. The van der Waals surface area contributed by atoms with E-state index >= 15 is 0 Å². The van der Waals surface area contributed by atoms with Gasteiger partial charge in [0.1, 0.15) is 6.04 Å². The van der Waals surface area contributed by atoms with E-state index in [0.717, 1.165) is 12.1 Å². The molecule has 2 saturated heterocycles. The summed E-state index contributed by atoms with van der Waals surface area (Å²) in [6.45, 7) is 3.64. The Morgan fingerprint density at radius 3 is 2.42 bits per heavy atom. The molecule has 0 aromatic heterocycles. The quantitative estimate of drug-likeness (QED) is 0.803. The minimum Gasteiger partial charge on any atom is -0.378 e. The van der Waals surface area contributed by atoms with Crippen molar-refractivity contribution in [1.82, 2.24) is 10.2 Å². The lowest BCUT2D eigenvalue weighted by molar-refractivity contribution is -0.137. The molecule has 0 radical (unpaired) electrons. The van der Waals surface area contributed by atoms with Crippen LogP contribution in [0.3, 0.4) is 0 Å². The normalized spacial score (nSPS) is 20.8. The molecule has 1 N–H and O–H groups in total. The van der Waals surface area contributed by atoms with Crippen LogP contribution in [0, 0.1) is 0 Å². The van der Waals surface area contributed by atoms with Gasteiger partial charge in [0.25, 0.3) is 0 Å². The number of nitrogens with one attached hydrogen (secondary N) is 1. The predicted octanol–water partition coefficient (Wildman–Crippen LogP) is 2.19. The van der Waals surface area contributed by atoms with Gasteiger partial charge in [-0.05, 0) is 18.2 Å². The Bertz CT molecular complexity index is 590. The fourth-order valence-electron chi connectivity index (χ4n) is 3.01. The van der Waals surface area contributed by atoms with Crippen molar-refractivity contribution in [2.24, 2.45) is 0 Å². The molecule has 0 spiro atoms. The number of amides is 1. The van der Waals surface area contributed by atoms with Gasteiger partial charge in [0.05, 0.1) is 18.8 Å². The van der Waals surface area contributed by atoms with Crippen molar-refractivity contribution in [2.45, 2.75) is 12.2 Å². The fraction of sp³-hybridized carbons (Fsp3) is 0.562. The molecule has 1 atom stereocenters. The van der Waals surface area contributed by atoms with E-state index in [4.69, 9.17) is 4.74 Å². The maximum atomic E-state index is 12.8. The average Bonchev–Trinajstić information content (AvgIpc) is 2.61. The highest BCUT2D eigenvalue weighted by Crippen LogP contribution is 2.31. The largest absolute Gasteiger partial charge is 0.416 e. The highest BCUT2D eigenvalue weighted by molar-refractivity contribution is 5.85. The average molecular weight is 416 g/mol. The number of hydrogen-bond donors (Lipinski definition) is 1. The molecule has 26 heavy (non-hydrogen) atoms. The third-order valence-electron chi connectivity index (χ3n) is 4.35. The highest BCUT2D eigenvalue weighted by atomic mass is 35.5. The maximum Gasteiger partial charge on any atom is 0.416 e. The molecule has 0 aliphatic carbocycles. The maximum absolute atomic E-state index is 12.8. The van der Waals surface area contributed by atoms with Crippen molar-refractivity contribution >= 4 is 36.4 Å². The molecule has 0 saturated carbocycles. The number of anilines is 1. The van der Waals surface area contributed by atoms with Crippen molar-refractivity contribution in [1.29, 1.82) is 0 Å². The zero-order chi connectivity index (χ0) is 17.2. The molecule has 1 aromatic rings. The Labute approximate surface area is 162 Å². The second-order valence-electron chi connectivity index (χ2n) is 5.94. The van der Waals surface area contributed by atoms with Crippen LogP contribution in [0.15, 0.2) is 24.3 Å². The number of halogens is 5. The van der Waals surface area contributed by atoms with Crippen LogP contribution in [0.2, 0.25) is 0 Å². The van der Waals surface area contributed by atoms with Gasteiger partial charge >= 0.3 is 6.18 Å². The van der Waals surface area contributed by atoms with Crippen molar-refractivity contribution in [3.8, 4) is 0 Å². The second-order valence-corrected chi connectivity index (χ2v) is 5.94. The van der Waals surface area contributed by atoms with Crippen LogP contribution in [0.1, 0.15) is 5.56 Å². The summed E-state index contributed by atoms with van der Waals surface area (Å²) in [4.78, 5) is 16.0. The van der Waals surface area contributed by atoms with Gasteiger partial charge in [-0.15, -0.1) is 24.8 Å². The van der Waals surface area contributed by atoms with Crippen LogP contribution >= 0.6 is 24.8 Å². The third kappa shape index (κ3) is 5.39. The second kappa shape index (κ2) is 9.64. The molecule has 2 fully saturated rings. The molecule has 1 amide bonds. The van der Waals surface area contributed by atoms with E-state index in [9.17, 15) is 18.0 Å². The monoisotopic (exact) mass is 415 g/mol. The number of carbonyl (C=O) groups excluding carboxylic acids is 1. The van der Waals surface area contributed by atoms with E-state index in [2.05, 4.69) is 5.32 Å². The summed E-state index contributed by atoms with van der Waals surface area (Å²) in [6.07, 6.45) is -4.35. The number of rotatable bonds is 2. The summed E-state index contributed by atoms with van der Waals surface area (Å²) >= 11 is 0. The molecule has 10 heteroatoms. The van der Waals surface area contributed by atoms with E-state index < -0.39 is 11.7 Å². The summed E-state index contributed by atoms with van der Waals surface area (Å²) < 4.78 is 43.8. The molecule has 2 aliphatic heterocycles. The molecule has 1 aromatic carbocycles. The number of morpholine rings is 1. The summed E-state index contributed by atoms with van der Waals surface area (Å²) in [5, 5.41) is 3.13. The van der Waals surface area contributed by atoms with E-state index in [1.807, 2.05) is 4.90 Å². The topological polar surface area (TPSA) is 44.8 Å².